The minimum atomic E-state index is -0.657. The van der Waals surface area contributed by atoms with Gasteiger partial charge < -0.3 is 10.1 Å². The van der Waals surface area contributed by atoms with E-state index in [1.54, 1.807) is 60.7 Å². The molecule has 0 aliphatic heterocycles. The Morgan fingerprint density at radius 1 is 0.815 bits per heavy atom. The van der Waals surface area contributed by atoms with Gasteiger partial charge in [0, 0.05) is 23.0 Å². The third-order valence-electron chi connectivity index (χ3n) is 3.71. The van der Waals surface area contributed by atoms with Crippen LogP contribution in [0.15, 0.2) is 79.0 Å². The zero-order chi connectivity index (χ0) is 19.1. The first kappa shape index (κ1) is 18.0. The molecule has 0 radical (unpaired) electrons. The van der Waals surface area contributed by atoms with E-state index >= 15 is 0 Å². The van der Waals surface area contributed by atoms with Crippen molar-refractivity contribution in [3.63, 3.8) is 0 Å². The molecule has 134 valence electrons. The molecule has 1 amide bonds. The number of carbonyl (C=O) groups excluding carboxylic acids is 3. The predicted octanol–water partition coefficient (Wildman–Crippen LogP) is 3.37. The molecule has 6 nitrogen and oxygen atoms in total. The molecule has 0 spiro atoms. The summed E-state index contributed by atoms with van der Waals surface area (Å²) in [6.45, 7) is -0.384. The zero-order valence-corrected chi connectivity index (χ0v) is 14.3. The van der Waals surface area contributed by atoms with E-state index in [1.165, 1.54) is 12.3 Å². The van der Waals surface area contributed by atoms with Gasteiger partial charge in [-0.2, -0.15) is 0 Å². The molecular weight excluding hydrogens is 344 g/mol. The molecule has 0 bridgehead atoms. The summed E-state index contributed by atoms with van der Waals surface area (Å²) in [7, 11) is 0. The lowest BCUT2D eigenvalue weighted by molar-refractivity contribution is 0.0469. The smallest absolute Gasteiger partial charge is 0.357 e. The fourth-order valence-electron chi connectivity index (χ4n) is 2.30. The van der Waals surface area contributed by atoms with E-state index in [2.05, 4.69) is 10.3 Å². The molecular formula is C21H16N2O4. The molecule has 0 saturated heterocycles. The number of aromatic nitrogens is 1. The molecule has 0 aliphatic rings. The largest absolute Gasteiger partial charge is 0.453 e. The van der Waals surface area contributed by atoms with Crippen molar-refractivity contribution >= 4 is 23.3 Å². The topological polar surface area (TPSA) is 85.4 Å². The third kappa shape index (κ3) is 4.85. The zero-order valence-electron chi connectivity index (χ0n) is 14.3. The third-order valence-corrected chi connectivity index (χ3v) is 3.71. The molecule has 0 unspecified atom stereocenters. The Balaban J connectivity index is 1.56. The van der Waals surface area contributed by atoms with Gasteiger partial charge in [-0.05, 0) is 48.5 Å². The number of ketones is 1. The molecule has 27 heavy (non-hydrogen) atoms. The Morgan fingerprint density at radius 2 is 1.52 bits per heavy atom. The van der Waals surface area contributed by atoms with Gasteiger partial charge >= 0.3 is 5.97 Å². The summed E-state index contributed by atoms with van der Waals surface area (Å²) in [5.41, 5.74) is 1.62. The molecule has 2 aromatic carbocycles. The minimum absolute atomic E-state index is 0.143. The fourth-order valence-corrected chi connectivity index (χ4v) is 2.30. The normalized spacial score (nSPS) is 10.1. The maximum absolute atomic E-state index is 12.2. The van der Waals surface area contributed by atoms with Crippen LogP contribution in [0.3, 0.4) is 0 Å². The Morgan fingerprint density at radius 3 is 2.19 bits per heavy atom. The maximum Gasteiger partial charge on any atom is 0.357 e. The lowest BCUT2D eigenvalue weighted by Crippen LogP contribution is -2.15. The van der Waals surface area contributed by atoms with Gasteiger partial charge in [0.1, 0.15) is 5.69 Å². The van der Waals surface area contributed by atoms with Crippen LogP contribution in [0.1, 0.15) is 31.2 Å². The summed E-state index contributed by atoms with van der Waals surface area (Å²) in [4.78, 5) is 39.9. The summed E-state index contributed by atoms with van der Waals surface area (Å²) >= 11 is 0. The standard InChI is InChI=1S/C21H16N2O4/c24-19(14-27-21(26)18-8-4-5-13-22-18)15-9-11-17(12-10-15)23-20(25)16-6-2-1-3-7-16/h1-13H,14H2,(H,23,25). The quantitative estimate of drug-likeness (QED) is 0.538. The number of amides is 1. The van der Waals surface area contributed by atoms with Gasteiger partial charge in [-0.1, -0.05) is 24.3 Å². The summed E-state index contributed by atoms with van der Waals surface area (Å²) in [6, 6.07) is 20.0. The number of nitrogens with zero attached hydrogens (tertiary/aromatic N) is 1. The predicted molar refractivity (Wildman–Crippen MR) is 99.7 cm³/mol. The van der Waals surface area contributed by atoms with Crippen LogP contribution in [-0.4, -0.2) is 29.3 Å². The van der Waals surface area contributed by atoms with Crippen LogP contribution in [0, 0.1) is 0 Å². The van der Waals surface area contributed by atoms with Crippen LogP contribution in [0.4, 0.5) is 5.69 Å². The van der Waals surface area contributed by atoms with Crippen molar-refractivity contribution in [2.75, 3.05) is 11.9 Å². The second-order valence-electron chi connectivity index (χ2n) is 5.61. The first-order valence-corrected chi connectivity index (χ1v) is 8.21. The number of nitrogens with one attached hydrogen (secondary N) is 1. The van der Waals surface area contributed by atoms with Crippen molar-refractivity contribution in [3.05, 3.63) is 95.8 Å². The number of anilines is 1. The highest BCUT2D eigenvalue weighted by atomic mass is 16.5. The van der Waals surface area contributed by atoms with Gasteiger partial charge in [-0.25, -0.2) is 9.78 Å². The van der Waals surface area contributed by atoms with Crippen LogP contribution >= 0.6 is 0 Å². The second-order valence-corrected chi connectivity index (χ2v) is 5.61. The van der Waals surface area contributed by atoms with Crippen LogP contribution in [-0.2, 0) is 4.74 Å². The van der Waals surface area contributed by atoms with Gasteiger partial charge in [-0.15, -0.1) is 0 Å². The average molecular weight is 360 g/mol. The Hall–Kier alpha value is -3.80. The molecule has 1 heterocycles. The van der Waals surface area contributed by atoms with Crippen LogP contribution < -0.4 is 5.32 Å². The van der Waals surface area contributed by atoms with Crippen LogP contribution in [0.2, 0.25) is 0 Å². The van der Waals surface area contributed by atoms with Crippen molar-refractivity contribution in [3.8, 4) is 0 Å². The summed E-state index contributed by atoms with van der Waals surface area (Å²) in [6.07, 6.45) is 1.47. The minimum Gasteiger partial charge on any atom is -0.453 e. The molecule has 1 aromatic heterocycles. The van der Waals surface area contributed by atoms with E-state index in [-0.39, 0.29) is 24.0 Å². The second kappa shape index (κ2) is 8.53. The van der Waals surface area contributed by atoms with Crippen molar-refractivity contribution < 1.29 is 19.1 Å². The fraction of sp³-hybridized carbons (Fsp3) is 0.0476. The molecule has 6 heteroatoms. The lowest BCUT2D eigenvalue weighted by atomic mass is 10.1. The first-order chi connectivity index (χ1) is 13.1. The SMILES string of the molecule is O=C(COC(=O)c1ccccn1)c1ccc(NC(=O)c2ccccc2)cc1. The number of carbonyl (C=O) groups is 3. The number of ether oxygens (including phenoxy) is 1. The van der Waals surface area contributed by atoms with Gasteiger partial charge in [0.05, 0.1) is 0 Å². The van der Waals surface area contributed by atoms with E-state index in [9.17, 15) is 14.4 Å². The van der Waals surface area contributed by atoms with Gasteiger partial charge in [0.2, 0.25) is 0 Å². The molecule has 3 aromatic rings. The number of pyridine rings is 1. The Bertz CT molecular complexity index is 939. The molecule has 3 rings (SSSR count). The number of esters is 1. The van der Waals surface area contributed by atoms with E-state index in [0.29, 0.717) is 16.8 Å². The van der Waals surface area contributed by atoms with Gasteiger partial charge in [0.15, 0.2) is 12.4 Å². The molecule has 0 saturated carbocycles. The highest BCUT2D eigenvalue weighted by Gasteiger charge is 2.13. The molecule has 1 N–H and O–H groups in total. The number of hydrogen-bond donors (Lipinski definition) is 1. The maximum atomic E-state index is 12.2. The molecule has 0 fully saturated rings. The van der Waals surface area contributed by atoms with E-state index < -0.39 is 5.97 Å². The number of Topliss-reactive ketones (excluding diaryl/α,β-unsaturated/α-hetero) is 1. The van der Waals surface area contributed by atoms with Crippen LogP contribution in [0.25, 0.3) is 0 Å². The lowest BCUT2D eigenvalue weighted by Gasteiger charge is -2.07. The summed E-state index contributed by atoms with van der Waals surface area (Å²) in [5, 5.41) is 2.75. The highest BCUT2D eigenvalue weighted by molar-refractivity contribution is 6.04. The Labute approximate surface area is 155 Å². The summed E-state index contributed by atoms with van der Waals surface area (Å²) < 4.78 is 4.98. The molecule has 0 aliphatic carbocycles. The highest BCUT2D eigenvalue weighted by Crippen LogP contribution is 2.12. The van der Waals surface area contributed by atoms with Crippen molar-refractivity contribution in [2.24, 2.45) is 0 Å². The average Bonchev–Trinajstić information content (AvgIpc) is 2.73. The number of rotatable bonds is 6. The van der Waals surface area contributed by atoms with E-state index in [0.717, 1.165) is 0 Å². The van der Waals surface area contributed by atoms with E-state index in [4.69, 9.17) is 4.74 Å². The number of benzene rings is 2. The Kier molecular flexibility index (Phi) is 5.69. The monoisotopic (exact) mass is 360 g/mol. The van der Waals surface area contributed by atoms with Crippen molar-refractivity contribution in [1.82, 2.24) is 4.98 Å². The first-order valence-electron chi connectivity index (χ1n) is 8.21. The van der Waals surface area contributed by atoms with Crippen molar-refractivity contribution in [2.45, 2.75) is 0 Å². The van der Waals surface area contributed by atoms with Crippen molar-refractivity contribution in [1.29, 1.82) is 0 Å². The molecule has 0 atom stereocenters. The van der Waals surface area contributed by atoms with E-state index in [1.807, 2.05) is 6.07 Å². The number of hydrogen-bond acceptors (Lipinski definition) is 5. The van der Waals surface area contributed by atoms with Gasteiger partial charge in [-0.3, -0.25) is 9.59 Å². The van der Waals surface area contributed by atoms with Crippen LogP contribution in [0.5, 0.6) is 0 Å². The van der Waals surface area contributed by atoms with Gasteiger partial charge in [0.25, 0.3) is 5.91 Å². The summed E-state index contributed by atoms with van der Waals surface area (Å²) in [5.74, 6) is -1.24.